The molecule has 2 aromatic carbocycles. The zero-order chi connectivity index (χ0) is 22.8. The van der Waals surface area contributed by atoms with E-state index in [2.05, 4.69) is 47.2 Å². The smallest absolute Gasteiger partial charge is 0.0991 e. The summed E-state index contributed by atoms with van der Waals surface area (Å²) >= 11 is 0. The van der Waals surface area contributed by atoms with E-state index in [0.29, 0.717) is 0 Å². The minimum absolute atomic E-state index is 0.723. The van der Waals surface area contributed by atoms with Crippen LogP contribution in [0.4, 0.5) is 0 Å². The summed E-state index contributed by atoms with van der Waals surface area (Å²) in [4.78, 5) is 4.91. The lowest BCUT2D eigenvalue weighted by Gasteiger charge is -2.35. The van der Waals surface area contributed by atoms with Crippen LogP contribution in [-0.2, 0) is 17.8 Å². The van der Waals surface area contributed by atoms with E-state index in [1.165, 1.54) is 36.3 Å². The lowest BCUT2D eigenvalue weighted by molar-refractivity contribution is 0.0342. The van der Waals surface area contributed by atoms with Crippen molar-refractivity contribution in [2.24, 2.45) is 0 Å². The molecule has 0 aliphatic carbocycles. The van der Waals surface area contributed by atoms with Crippen LogP contribution in [0.3, 0.4) is 0 Å². The summed E-state index contributed by atoms with van der Waals surface area (Å²) < 4.78 is 5.29. The second-order valence-corrected chi connectivity index (χ2v) is 14.8. The highest BCUT2D eigenvalue weighted by molar-refractivity contribution is 6.77. The highest BCUT2D eigenvalue weighted by Crippen LogP contribution is 2.23. The largest absolute Gasteiger partial charge is 0.379 e. The number of nitriles is 2. The van der Waals surface area contributed by atoms with Crippen molar-refractivity contribution < 1.29 is 4.74 Å². The van der Waals surface area contributed by atoms with Crippen LogP contribution < -0.4 is 0 Å². The van der Waals surface area contributed by atoms with Gasteiger partial charge >= 0.3 is 0 Å². The average molecular weight is 447 g/mol. The summed E-state index contributed by atoms with van der Waals surface area (Å²) in [7, 11) is -0.849. The summed E-state index contributed by atoms with van der Waals surface area (Å²) in [6.07, 6.45) is 0. The zero-order valence-electron chi connectivity index (χ0n) is 19.4. The molecule has 2 aliphatic rings. The standard InChI is InChI=1S/C14H20N2Si.C12H14N2O/c1-17(2)9-7-16(8-10-17)12-14-5-3-13(11-15)4-6-14;13-9-11-1-3-12(4-2-11)10-14-5-7-15-8-6-14/h3-6H,7-10,12H2,1-2H3;1-4H,5-8,10H2. The molecular weight excluding hydrogens is 412 g/mol. The van der Waals surface area contributed by atoms with Crippen molar-refractivity contribution in [3.05, 3.63) is 70.8 Å². The Hall–Kier alpha value is -2.48. The van der Waals surface area contributed by atoms with Crippen LogP contribution >= 0.6 is 0 Å². The van der Waals surface area contributed by atoms with E-state index in [1.54, 1.807) is 0 Å². The van der Waals surface area contributed by atoms with Crippen molar-refractivity contribution in [2.75, 3.05) is 39.4 Å². The molecule has 168 valence electrons. The predicted molar refractivity (Wildman–Crippen MR) is 131 cm³/mol. The van der Waals surface area contributed by atoms with Crippen molar-refractivity contribution in [1.29, 1.82) is 10.5 Å². The van der Waals surface area contributed by atoms with Gasteiger partial charge in [-0.3, -0.25) is 9.80 Å². The maximum absolute atomic E-state index is 8.75. The molecule has 0 atom stereocenters. The summed E-state index contributed by atoms with van der Waals surface area (Å²) in [5, 5.41) is 17.4. The highest BCUT2D eigenvalue weighted by atomic mass is 28.3. The van der Waals surface area contributed by atoms with Gasteiger partial charge in [0.15, 0.2) is 0 Å². The first-order chi connectivity index (χ1) is 15.5. The van der Waals surface area contributed by atoms with Crippen LogP contribution in [0.25, 0.3) is 0 Å². The van der Waals surface area contributed by atoms with Gasteiger partial charge < -0.3 is 4.74 Å². The van der Waals surface area contributed by atoms with Gasteiger partial charge in [-0.2, -0.15) is 10.5 Å². The number of hydrogen-bond acceptors (Lipinski definition) is 5. The Morgan fingerprint density at radius 1 is 0.719 bits per heavy atom. The quantitative estimate of drug-likeness (QED) is 0.648. The summed E-state index contributed by atoms with van der Waals surface area (Å²) in [6, 6.07) is 22.9. The van der Waals surface area contributed by atoms with Gasteiger partial charge in [0, 0.05) is 34.3 Å². The number of rotatable bonds is 4. The first-order valence-electron chi connectivity index (χ1n) is 11.5. The lowest BCUT2D eigenvalue weighted by Crippen LogP contribution is -2.42. The minimum atomic E-state index is -0.849. The SMILES string of the molecule is C[Si]1(C)CCN(Cc2ccc(C#N)cc2)CC1.N#Cc1ccc(CN2CCOCC2)cc1. The Balaban J connectivity index is 0.000000182. The third-order valence-corrected chi connectivity index (χ3v) is 9.45. The molecule has 2 fully saturated rings. The molecular formula is C26H34N4OSi. The molecule has 2 saturated heterocycles. The van der Waals surface area contributed by atoms with Crippen molar-refractivity contribution in [3.8, 4) is 12.1 Å². The third kappa shape index (κ3) is 7.89. The Morgan fingerprint density at radius 2 is 1.12 bits per heavy atom. The molecule has 0 radical (unpaired) electrons. The van der Waals surface area contributed by atoms with Gasteiger partial charge in [0.1, 0.15) is 0 Å². The number of benzene rings is 2. The van der Waals surface area contributed by atoms with Gasteiger partial charge in [-0.1, -0.05) is 37.4 Å². The van der Waals surface area contributed by atoms with E-state index < -0.39 is 8.07 Å². The van der Waals surface area contributed by atoms with Gasteiger partial charge in [0.25, 0.3) is 0 Å². The van der Waals surface area contributed by atoms with E-state index in [4.69, 9.17) is 15.3 Å². The monoisotopic (exact) mass is 446 g/mol. The molecule has 0 unspecified atom stereocenters. The average Bonchev–Trinajstić information content (AvgIpc) is 2.82. The van der Waals surface area contributed by atoms with Crippen LogP contribution in [0.15, 0.2) is 48.5 Å². The molecule has 0 bridgehead atoms. The molecule has 4 rings (SSSR count). The van der Waals surface area contributed by atoms with E-state index in [1.807, 2.05) is 36.4 Å². The van der Waals surface area contributed by atoms with E-state index in [-0.39, 0.29) is 0 Å². The fourth-order valence-electron chi connectivity index (χ4n) is 3.96. The molecule has 0 aromatic heterocycles. The second-order valence-electron chi connectivity index (χ2n) is 9.45. The third-order valence-electron chi connectivity index (χ3n) is 6.29. The van der Waals surface area contributed by atoms with Crippen molar-refractivity contribution in [3.63, 3.8) is 0 Å². The van der Waals surface area contributed by atoms with Gasteiger partial charge in [-0.25, -0.2) is 0 Å². The molecule has 32 heavy (non-hydrogen) atoms. The van der Waals surface area contributed by atoms with E-state index in [0.717, 1.165) is 50.5 Å². The van der Waals surface area contributed by atoms with Crippen molar-refractivity contribution in [1.82, 2.24) is 9.80 Å². The van der Waals surface area contributed by atoms with Gasteiger partial charge in [0.05, 0.1) is 36.5 Å². The van der Waals surface area contributed by atoms with Gasteiger partial charge in [-0.05, 0) is 60.6 Å². The maximum atomic E-state index is 8.75. The molecule has 2 aliphatic heterocycles. The fourth-order valence-corrected chi connectivity index (χ4v) is 6.05. The number of nitrogens with zero attached hydrogens (tertiary/aromatic N) is 4. The van der Waals surface area contributed by atoms with Crippen LogP contribution in [0, 0.1) is 22.7 Å². The normalized spacial score (nSPS) is 18.6. The maximum Gasteiger partial charge on any atom is 0.0991 e. The molecule has 2 heterocycles. The molecule has 0 N–H and O–H groups in total. The fraction of sp³-hybridized carbons (Fsp3) is 0.462. The molecule has 0 spiro atoms. The first-order valence-corrected chi connectivity index (χ1v) is 14.9. The molecule has 6 heteroatoms. The van der Waals surface area contributed by atoms with Crippen LogP contribution in [0.1, 0.15) is 22.3 Å². The zero-order valence-corrected chi connectivity index (χ0v) is 20.4. The number of morpholine rings is 1. The highest BCUT2D eigenvalue weighted by Gasteiger charge is 2.26. The molecule has 0 amide bonds. The second kappa shape index (κ2) is 11.9. The minimum Gasteiger partial charge on any atom is -0.379 e. The van der Waals surface area contributed by atoms with Gasteiger partial charge in [0.2, 0.25) is 0 Å². The Morgan fingerprint density at radius 3 is 1.53 bits per heavy atom. The van der Waals surface area contributed by atoms with Crippen LogP contribution in [-0.4, -0.2) is 57.3 Å². The number of ether oxygens (including phenoxy) is 1. The molecule has 5 nitrogen and oxygen atoms in total. The predicted octanol–water partition coefficient (Wildman–Crippen LogP) is 4.47. The lowest BCUT2D eigenvalue weighted by atomic mass is 10.1. The Labute approximate surface area is 193 Å². The van der Waals surface area contributed by atoms with Crippen LogP contribution in [0.5, 0.6) is 0 Å². The summed E-state index contributed by atoms with van der Waals surface area (Å²) in [5.74, 6) is 0. The summed E-state index contributed by atoms with van der Waals surface area (Å²) in [5.41, 5.74) is 4.06. The van der Waals surface area contributed by atoms with Crippen LogP contribution in [0.2, 0.25) is 25.2 Å². The van der Waals surface area contributed by atoms with Crippen molar-refractivity contribution in [2.45, 2.75) is 38.3 Å². The molecule has 0 saturated carbocycles. The summed E-state index contributed by atoms with van der Waals surface area (Å²) in [6.45, 7) is 13.1. The topological polar surface area (TPSA) is 63.3 Å². The van der Waals surface area contributed by atoms with Gasteiger partial charge in [-0.15, -0.1) is 0 Å². The number of hydrogen-bond donors (Lipinski definition) is 0. The Bertz CT molecular complexity index is 912. The van der Waals surface area contributed by atoms with E-state index in [9.17, 15) is 0 Å². The van der Waals surface area contributed by atoms with E-state index >= 15 is 0 Å². The molecule has 2 aromatic rings. The Kier molecular flexibility index (Phi) is 9.02. The van der Waals surface area contributed by atoms with Crippen molar-refractivity contribution >= 4 is 8.07 Å². The first kappa shape index (κ1) is 24.2.